The van der Waals surface area contributed by atoms with Crippen LogP contribution in [-0.4, -0.2) is 36.6 Å². The van der Waals surface area contributed by atoms with Gasteiger partial charge in [0, 0.05) is 13.1 Å². The molecule has 0 bridgehead atoms. The highest BCUT2D eigenvalue weighted by molar-refractivity contribution is 5.79. The second-order valence-corrected chi connectivity index (χ2v) is 4.49. The molecule has 2 rings (SSSR count). The molecular formula is C15H19NO2. The van der Waals surface area contributed by atoms with Crippen LogP contribution in [0.4, 0.5) is 0 Å². The van der Waals surface area contributed by atoms with Crippen LogP contribution < -0.4 is 0 Å². The summed E-state index contributed by atoms with van der Waals surface area (Å²) in [4.78, 5) is 14.1. The Bertz CT molecular complexity index is 410. The molecule has 1 aliphatic heterocycles. The van der Waals surface area contributed by atoms with Gasteiger partial charge in [-0.15, -0.1) is 0 Å². The molecule has 1 amide bonds. The second-order valence-electron chi connectivity index (χ2n) is 4.49. The average Bonchev–Trinajstić information content (AvgIpc) is 3.19. The fraction of sp³-hybridized carbons (Fsp3) is 0.400. The summed E-state index contributed by atoms with van der Waals surface area (Å²) in [6.45, 7) is 4.12. The van der Waals surface area contributed by atoms with Gasteiger partial charge >= 0.3 is 0 Å². The Morgan fingerprint density at radius 3 is 2.78 bits per heavy atom. The smallest absolute Gasteiger partial charge is 0.227 e. The van der Waals surface area contributed by atoms with E-state index in [1.54, 1.807) is 0 Å². The minimum absolute atomic E-state index is 0.162. The first kappa shape index (κ1) is 12.8. The van der Waals surface area contributed by atoms with Crippen LogP contribution in [0.1, 0.15) is 12.5 Å². The SMILES string of the molecule is CC=CCN(CC1CO1)C(=O)Cc1ccccc1. The summed E-state index contributed by atoms with van der Waals surface area (Å²) in [5.74, 6) is 0.162. The first-order valence-corrected chi connectivity index (χ1v) is 6.34. The van der Waals surface area contributed by atoms with Crippen LogP contribution >= 0.6 is 0 Å². The van der Waals surface area contributed by atoms with Crippen LogP contribution in [0, 0.1) is 0 Å². The van der Waals surface area contributed by atoms with Gasteiger partial charge in [0.2, 0.25) is 5.91 Å². The standard InChI is InChI=1S/C15H19NO2/c1-2-3-9-16(11-14-12-18-14)15(17)10-13-7-5-4-6-8-13/h2-8,14H,9-12H2,1H3. The van der Waals surface area contributed by atoms with Crippen molar-refractivity contribution in [3.8, 4) is 0 Å². The van der Waals surface area contributed by atoms with E-state index in [0.29, 0.717) is 19.5 Å². The van der Waals surface area contributed by atoms with Crippen molar-refractivity contribution in [1.29, 1.82) is 0 Å². The zero-order valence-corrected chi connectivity index (χ0v) is 10.7. The Kier molecular flexibility index (Phi) is 4.53. The zero-order chi connectivity index (χ0) is 12.8. The summed E-state index contributed by atoms with van der Waals surface area (Å²) in [5, 5.41) is 0. The summed E-state index contributed by atoms with van der Waals surface area (Å²) in [6, 6.07) is 9.86. The molecule has 1 saturated heterocycles. The van der Waals surface area contributed by atoms with Crippen molar-refractivity contribution in [2.45, 2.75) is 19.4 Å². The molecule has 0 aliphatic carbocycles. The molecule has 1 aromatic carbocycles. The molecule has 1 aromatic rings. The number of carbonyl (C=O) groups excluding carboxylic acids is 1. The van der Waals surface area contributed by atoms with Gasteiger partial charge in [-0.1, -0.05) is 42.5 Å². The van der Waals surface area contributed by atoms with Crippen LogP contribution in [0.2, 0.25) is 0 Å². The molecule has 0 N–H and O–H groups in total. The number of ether oxygens (including phenoxy) is 1. The van der Waals surface area contributed by atoms with Gasteiger partial charge in [-0.2, -0.15) is 0 Å². The highest BCUT2D eigenvalue weighted by atomic mass is 16.6. The van der Waals surface area contributed by atoms with Crippen molar-refractivity contribution < 1.29 is 9.53 Å². The van der Waals surface area contributed by atoms with E-state index < -0.39 is 0 Å². The summed E-state index contributed by atoms with van der Waals surface area (Å²) in [6.07, 6.45) is 4.68. The van der Waals surface area contributed by atoms with Crippen LogP contribution in [-0.2, 0) is 16.0 Å². The topological polar surface area (TPSA) is 32.8 Å². The predicted molar refractivity (Wildman–Crippen MR) is 71.3 cm³/mol. The van der Waals surface area contributed by atoms with Crippen LogP contribution in [0.3, 0.4) is 0 Å². The molecule has 1 atom stereocenters. The molecule has 0 spiro atoms. The van der Waals surface area contributed by atoms with E-state index in [4.69, 9.17) is 4.74 Å². The quantitative estimate of drug-likeness (QED) is 0.567. The largest absolute Gasteiger partial charge is 0.371 e. The lowest BCUT2D eigenvalue weighted by molar-refractivity contribution is -0.130. The van der Waals surface area contributed by atoms with Crippen molar-refractivity contribution in [1.82, 2.24) is 4.90 Å². The third-order valence-corrected chi connectivity index (χ3v) is 2.94. The molecule has 1 fully saturated rings. The van der Waals surface area contributed by atoms with Gasteiger partial charge in [0.05, 0.1) is 19.1 Å². The Morgan fingerprint density at radius 2 is 2.17 bits per heavy atom. The zero-order valence-electron chi connectivity index (χ0n) is 10.7. The second kappa shape index (κ2) is 6.36. The number of rotatable bonds is 6. The minimum atomic E-state index is 0.162. The molecule has 3 heteroatoms. The monoisotopic (exact) mass is 245 g/mol. The highest BCUT2D eigenvalue weighted by Crippen LogP contribution is 2.12. The molecule has 1 heterocycles. The Balaban J connectivity index is 1.93. The number of nitrogens with zero attached hydrogens (tertiary/aromatic N) is 1. The number of epoxide rings is 1. The molecule has 3 nitrogen and oxygen atoms in total. The number of carbonyl (C=O) groups is 1. The molecule has 0 radical (unpaired) electrons. The molecule has 1 aliphatic rings. The maximum atomic E-state index is 12.2. The maximum Gasteiger partial charge on any atom is 0.227 e. The van der Waals surface area contributed by atoms with Crippen LogP contribution in [0.5, 0.6) is 0 Å². The molecule has 0 aromatic heterocycles. The van der Waals surface area contributed by atoms with Gasteiger partial charge in [-0.3, -0.25) is 4.79 Å². The maximum absolute atomic E-state index is 12.2. The molecular weight excluding hydrogens is 226 g/mol. The number of allylic oxidation sites excluding steroid dienone is 1. The number of hydrogen-bond acceptors (Lipinski definition) is 2. The molecule has 0 saturated carbocycles. The summed E-state index contributed by atoms with van der Waals surface area (Å²) >= 11 is 0. The van der Waals surface area contributed by atoms with E-state index in [1.807, 2.05) is 54.3 Å². The van der Waals surface area contributed by atoms with E-state index in [0.717, 1.165) is 12.2 Å². The Morgan fingerprint density at radius 1 is 1.44 bits per heavy atom. The number of amides is 1. The Hall–Kier alpha value is -1.61. The average molecular weight is 245 g/mol. The van der Waals surface area contributed by atoms with Gasteiger partial charge < -0.3 is 9.64 Å². The predicted octanol–water partition coefficient (Wildman–Crippen LogP) is 2.03. The van der Waals surface area contributed by atoms with Crippen LogP contribution in [0.15, 0.2) is 42.5 Å². The summed E-state index contributed by atoms with van der Waals surface area (Å²) in [7, 11) is 0. The van der Waals surface area contributed by atoms with E-state index in [1.165, 1.54) is 0 Å². The van der Waals surface area contributed by atoms with Crippen molar-refractivity contribution in [2.75, 3.05) is 19.7 Å². The van der Waals surface area contributed by atoms with Gasteiger partial charge in [0.1, 0.15) is 0 Å². The first-order valence-electron chi connectivity index (χ1n) is 6.34. The lowest BCUT2D eigenvalue weighted by Gasteiger charge is -2.20. The molecule has 96 valence electrons. The fourth-order valence-corrected chi connectivity index (χ4v) is 1.81. The lowest BCUT2D eigenvalue weighted by Crippen LogP contribution is -2.35. The van der Waals surface area contributed by atoms with Gasteiger partial charge in [-0.05, 0) is 12.5 Å². The van der Waals surface area contributed by atoms with Crippen molar-refractivity contribution in [3.63, 3.8) is 0 Å². The molecule has 18 heavy (non-hydrogen) atoms. The van der Waals surface area contributed by atoms with E-state index in [-0.39, 0.29) is 12.0 Å². The van der Waals surface area contributed by atoms with E-state index in [9.17, 15) is 4.79 Å². The first-order chi connectivity index (χ1) is 8.79. The third-order valence-electron chi connectivity index (χ3n) is 2.94. The number of benzene rings is 1. The minimum Gasteiger partial charge on any atom is -0.371 e. The van der Waals surface area contributed by atoms with Gasteiger partial charge in [-0.25, -0.2) is 0 Å². The summed E-state index contributed by atoms with van der Waals surface area (Å²) < 4.78 is 5.20. The van der Waals surface area contributed by atoms with Crippen molar-refractivity contribution in [2.24, 2.45) is 0 Å². The molecule has 1 unspecified atom stereocenters. The van der Waals surface area contributed by atoms with Crippen LogP contribution in [0.25, 0.3) is 0 Å². The van der Waals surface area contributed by atoms with Gasteiger partial charge in [0.25, 0.3) is 0 Å². The van der Waals surface area contributed by atoms with Crippen molar-refractivity contribution in [3.05, 3.63) is 48.0 Å². The van der Waals surface area contributed by atoms with Crippen molar-refractivity contribution >= 4 is 5.91 Å². The van der Waals surface area contributed by atoms with E-state index >= 15 is 0 Å². The fourth-order valence-electron chi connectivity index (χ4n) is 1.81. The number of hydrogen-bond donors (Lipinski definition) is 0. The lowest BCUT2D eigenvalue weighted by atomic mass is 10.1. The third kappa shape index (κ3) is 4.00. The van der Waals surface area contributed by atoms with E-state index in [2.05, 4.69) is 0 Å². The summed E-state index contributed by atoms with van der Waals surface area (Å²) in [5.41, 5.74) is 1.06. The normalized spacial score (nSPS) is 17.9. The van der Waals surface area contributed by atoms with Gasteiger partial charge in [0.15, 0.2) is 0 Å². The highest BCUT2D eigenvalue weighted by Gasteiger charge is 2.27. The Labute approximate surface area is 108 Å².